The van der Waals surface area contributed by atoms with Gasteiger partial charge in [0, 0.05) is 25.7 Å². The summed E-state index contributed by atoms with van der Waals surface area (Å²) in [5, 5.41) is 11.6. The third-order valence-electron chi connectivity index (χ3n) is 5.93. The molecule has 1 aromatic rings. The zero-order valence-electron chi connectivity index (χ0n) is 16.6. The molecule has 27 heavy (non-hydrogen) atoms. The lowest BCUT2D eigenvalue weighted by Crippen LogP contribution is -2.43. The van der Waals surface area contributed by atoms with Gasteiger partial charge in [0.2, 0.25) is 0 Å². The molecule has 1 unspecified atom stereocenters. The highest BCUT2D eigenvalue weighted by molar-refractivity contribution is 5.70. The van der Waals surface area contributed by atoms with Crippen molar-refractivity contribution in [2.45, 2.75) is 32.6 Å². The number of anilines is 1. The number of piperidine rings is 2. The van der Waals surface area contributed by atoms with E-state index in [4.69, 9.17) is 9.47 Å². The van der Waals surface area contributed by atoms with Crippen LogP contribution in [0.3, 0.4) is 0 Å². The van der Waals surface area contributed by atoms with Crippen molar-refractivity contribution in [3.63, 3.8) is 0 Å². The van der Waals surface area contributed by atoms with Crippen molar-refractivity contribution in [1.82, 2.24) is 4.90 Å². The highest BCUT2D eigenvalue weighted by atomic mass is 16.6. The molecule has 1 aromatic carbocycles. The van der Waals surface area contributed by atoms with Crippen LogP contribution in [0.2, 0.25) is 0 Å². The van der Waals surface area contributed by atoms with E-state index in [1.54, 1.807) is 13.2 Å². The van der Waals surface area contributed by atoms with Crippen LogP contribution in [0.25, 0.3) is 0 Å². The van der Waals surface area contributed by atoms with Gasteiger partial charge < -0.3 is 19.3 Å². The predicted molar refractivity (Wildman–Crippen MR) is 106 cm³/mol. The minimum Gasteiger partial charge on any atom is -0.493 e. The van der Waals surface area contributed by atoms with Gasteiger partial charge in [-0.3, -0.25) is 10.1 Å². The van der Waals surface area contributed by atoms with Gasteiger partial charge in [-0.1, -0.05) is 6.92 Å². The van der Waals surface area contributed by atoms with E-state index in [0.29, 0.717) is 23.1 Å². The van der Waals surface area contributed by atoms with E-state index in [1.165, 1.54) is 45.5 Å². The fourth-order valence-electron chi connectivity index (χ4n) is 4.30. The summed E-state index contributed by atoms with van der Waals surface area (Å²) in [6.07, 6.45) is 4.79. The molecule has 2 aliphatic heterocycles. The Kier molecular flexibility index (Phi) is 6.42. The van der Waals surface area contributed by atoms with Crippen LogP contribution in [0.4, 0.5) is 11.4 Å². The molecule has 0 amide bonds. The molecular formula is C20H31N3O4. The van der Waals surface area contributed by atoms with Crippen molar-refractivity contribution < 1.29 is 14.4 Å². The Morgan fingerprint density at radius 3 is 2.41 bits per heavy atom. The molecule has 1 atom stereocenters. The van der Waals surface area contributed by atoms with Gasteiger partial charge in [-0.2, -0.15) is 0 Å². The summed E-state index contributed by atoms with van der Waals surface area (Å²) >= 11 is 0. The summed E-state index contributed by atoms with van der Waals surface area (Å²) < 4.78 is 10.6. The number of likely N-dealkylation sites (tertiary alicyclic amines) is 1. The van der Waals surface area contributed by atoms with Gasteiger partial charge in [-0.25, -0.2) is 0 Å². The molecule has 2 fully saturated rings. The summed E-state index contributed by atoms with van der Waals surface area (Å²) in [4.78, 5) is 16.0. The van der Waals surface area contributed by atoms with Crippen LogP contribution in [0.5, 0.6) is 11.5 Å². The molecular weight excluding hydrogens is 346 g/mol. The fraction of sp³-hybridized carbons (Fsp3) is 0.700. The van der Waals surface area contributed by atoms with E-state index in [-0.39, 0.29) is 10.6 Å². The average Bonchev–Trinajstić information content (AvgIpc) is 2.68. The number of hydrogen-bond acceptors (Lipinski definition) is 6. The quantitative estimate of drug-likeness (QED) is 0.558. The van der Waals surface area contributed by atoms with Gasteiger partial charge in [0.1, 0.15) is 5.69 Å². The second kappa shape index (κ2) is 8.78. The van der Waals surface area contributed by atoms with Crippen LogP contribution in [-0.2, 0) is 0 Å². The van der Waals surface area contributed by atoms with E-state index < -0.39 is 0 Å². The molecule has 2 heterocycles. The first-order valence-electron chi connectivity index (χ1n) is 9.89. The van der Waals surface area contributed by atoms with Crippen molar-refractivity contribution in [2.24, 2.45) is 11.8 Å². The Balaban J connectivity index is 1.76. The Morgan fingerprint density at radius 2 is 1.78 bits per heavy atom. The minimum absolute atomic E-state index is 0.0834. The first-order chi connectivity index (χ1) is 13.0. The van der Waals surface area contributed by atoms with Crippen LogP contribution >= 0.6 is 0 Å². The van der Waals surface area contributed by atoms with Crippen molar-refractivity contribution >= 4 is 11.4 Å². The van der Waals surface area contributed by atoms with Gasteiger partial charge in [0.25, 0.3) is 5.69 Å². The third-order valence-corrected chi connectivity index (χ3v) is 5.93. The van der Waals surface area contributed by atoms with Gasteiger partial charge in [-0.15, -0.1) is 0 Å². The van der Waals surface area contributed by atoms with Crippen LogP contribution in [0.15, 0.2) is 12.1 Å². The maximum Gasteiger partial charge on any atom is 0.296 e. The number of methoxy groups -OCH3 is 2. The number of rotatable bonds is 6. The molecule has 0 radical (unpaired) electrons. The van der Waals surface area contributed by atoms with Crippen molar-refractivity contribution in [1.29, 1.82) is 0 Å². The fourth-order valence-corrected chi connectivity index (χ4v) is 4.30. The van der Waals surface area contributed by atoms with E-state index in [1.807, 2.05) is 0 Å². The van der Waals surface area contributed by atoms with E-state index in [0.717, 1.165) is 32.0 Å². The monoisotopic (exact) mass is 377 g/mol. The lowest BCUT2D eigenvalue weighted by Gasteiger charge is -2.38. The van der Waals surface area contributed by atoms with Crippen molar-refractivity contribution in [3.8, 4) is 11.5 Å². The third kappa shape index (κ3) is 4.64. The molecule has 0 spiro atoms. The Labute approximate surface area is 161 Å². The second-order valence-corrected chi connectivity index (χ2v) is 7.89. The van der Waals surface area contributed by atoms with Crippen molar-refractivity contribution in [3.05, 3.63) is 22.2 Å². The smallest absolute Gasteiger partial charge is 0.296 e. The lowest BCUT2D eigenvalue weighted by molar-refractivity contribution is -0.384. The van der Waals surface area contributed by atoms with E-state index >= 15 is 0 Å². The first-order valence-corrected chi connectivity index (χ1v) is 9.89. The number of hydrogen-bond donors (Lipinski definition) is 0. The topological polar surface area (TPSA) is 68.1 Å². The van der Waals surface area contributed by atoms with Gasteiger partial charge in [-0.05, 0) is 50.6 Å². The summed E-state index contributed by atoms with van der Waals surface area (Å²) in [6, 6.07) is 3.23. The molecule has 0 saturated carbocycles. The maximum atomic E-state index is 11.6. The second-order valence-electron chi connectivity index (χ2n) is 7.89. The molecule has 2 saturated heterocycles. The SMILES string of the molecule is COc1cc(N2CCCC(CN3CCC(C)CC3)C2)c([N+](=O)[O-])cc1OC. The number of nitro benzene ring substituents is 1. The molecule has 7 heteroatoms. The first kappa shape index (κ1) is 19.7. The zero-order chi connectivity index (χ0) is 19.4. The summed E-state index contributed by atoms with van der Waals surface area (Å²) in [5.74, 6) is 2.30. The van der Waals surface area contributed by atoms with Crippen molar-refractivity contribution in [2.75, 3.05) is 51.8 Å². The summed E-state index contributed by atoms with van der Waals surface area (Å²) in [6.45, 7) is 7.45. The van der Waals surface area contributed by atoms with Crippen LogP contribution in [0.1, 0.15) is 32.6 Å². The lowest BCUT2D eigenvalue weighted by atomic mass is 9.94. The molecule has 0 N–H and O–H groups in total. The Hall–Kier alpha value is -2.02. The summed E-state index contributed by atoms with van der Waals surface area (Å²) in [5.41, 5.74) is 0.717. The number of benzene rings is 1. The molecule has 2 aliphatic rings. The maximum absolute atomic E-state index is 11.6. The van der Waals surface area contributed by atoms with Crippen LogP contribution in [-0.4, -0.2) is 56.8 Å². The van der Waals surface area contributed by atoms with E-state index in [9.17, 15) is 10.1 Å². The van der Waals surface area contributed by atoms with Crippen LogP contribution < -0.4 is 14.4 Å². The van der Waals surface area contributed by atoms with Gasteiger partial charge in [0.15, 0.2) is 11.5 Å². The molecule has 150 valence electrons. The molecule has 0 bridgehead atoms. The summed E-state index contributed by atoms with van der Waals surface area (Å²) in [7, 11) is 3.06. The predicted octanol–water partition coefficient (Wildman–Crippen LogP) is 3.56. The molecule has 0 aromatic heterocycles. The van der Waals surface area contributed by atoms with Gasteiger partial charge in [0.05, 0.1) is 25.2 Å². The Morgan fingerprint density at radius 1 is 1.11 bits per heavy atom. The molecule has 0 aliphatic carbocycles. The Bertz CT molecular complexity index is 659. The minimum atomic E-state index is -0.326. The average molecular weight is 377 g/mol. The zero-order valence-corrected chi connectivity index (χ0v) is 16.6. The number of nitrogens with zero attached hydrogens (tertiary/aromatic N) is 3. The highest BCUT2D eigenvalue weighted by Gasteiger charge is 2.29. The van der Waals surface area contributed by atoms with E-state index in [2.05, 4.69) is 16.7 Å². The van der Waals surface area contributed by atoms with Crippen LogP contribution in [0, 0.1) is 22.0 Å². The molecule has 7 nitrogen and oxygen atoms in total. The standard InChI is InChI=1S/C20H31N3O4/c1-15-6-9-21(10-7-15)13-16-5-4-8-22(14-16)17-11-19(26-2)20(27-3)12-18(17)23(24)25/h11-12,15-16H,4-10,13-14H2,1-3H3. The highest BCUT2D eigenvalue weighted by Crippen LogP contribution is 2.40. The van der Waals surface area contributed by atoms with Gasteiger partial charge >= 0.3 is 0 Å². The molecule has 3 rings (SSSR count). The normalized spacial score (nSPS) is 21.9. The number of ether oxygens (including phenoxy) is 2. The largest absolute Gasteiger partial charge is 0.493 e. The number of nitro groups is 1.